The first-order chi connectivity index (χ1) is 23.2. The highest BCUT2D eigenvalue weighted by atomic mass is 35.6. The van der Waals surface area contributed by atoms with Crippen LogP contribution in [0.1, 0.15) is 0 Å². The van der Waals surface area contributed by atoms with Gasteiger partial charge in [0.25, 0.3) is 6.47 Å². The van der Waals surface area contributed by atoms with Crippen molar-refractivity contribution in [3.8, 4) is 0 Å². The molecule has 0 amide bonds. The van der Waals surface area contributed by atoms with E-state index < -0.39 is 51.5 Å². The Kier molecular flexibility index (Phi) is 198. The molecule has 0 atom stereocenters. The Bertz CT molecular complexity index is 284. The van der Waals surface area contributed by atoms with E-state index in [0.717, 1.165) is 7.11 Å². The van der Waals surface area contributed by atoms with Gasteiger partial charge in [-0.25, -0.2) is 0 Å². The summed E-state index contributed by atoms with van der Waals surface area (Å²) in [5.74, 6) is 0. The van der Waals surface area contributed by atoms with Crippen LogP contribution in [0.2, 0.25) is 0 Å². The van der Waals surface area contributed by atoms with E-state index >= 15 is 0 Å². The predicted molar refractivity (Wildman–Crippen MR) is 273 cm³/mol. The van der Waals surface area contributed by atoms with Crippen LogP contribution in [-0.4, -0.2) is 75.3 Å². The van der Waals surface area contributed by atoms with Crippen molar-refractivity contribution >= 4 is 424 Å². The Hall–Kier alpha value is 9.87. The average molecular weight is 1510 g/mol. The molecule has 0 aliphatic carbocycles. The Labute approximate surface area is 489 Å². The van der Waals surface area contributed by atoms with Crippen LogP contribution in [0, 0.1) is 0 Å². The third kappa shape index (κ3) is 2280. The highest BCUT2D eigenvalue weighted by Gasteiger charge is 1.82. The summed E-state index contributed by atoms with van der Waals surface area (Å²) in [4.78, 5) is 8.36. The number of hydrogen-bond acceptors (Lipinski definition) is 2. The first kappa shape index (κ1) is 101. The number of hydrogen-bond donors (Lipinski definition) is 2. The van der Waals surface area contributed by atoms with Gasteiger partial charge in [-0.3, -0.25) is 4.79 Å². The molecule has 0 bridgehead atoms. The van der Waals surface area contributed by atoms with E-state index in [2.05, 4.69) is 0 Å². The lowest BCUT2D eigenvalue weighted by Gasteiger charge is -1.69. The number of aliphatic hydroxyl groups is 1. The van der Waals surface area contributed by atoms with Crippen LogP contribution < -0.4 is 0 Å². The van der Waals surface area contributed by atoms with Crippen molar-refractivity contribution in [2.24, 2.45) is 0 Å². The zero-order valence-corrected chi connectivity index (χ0v) is 50.6. The van der Waals surface area contributed by atoms with Gasteiger partial charge in [-0.1, -0.05) is 418 Å². The highest BCUT2D eigenvalue weighted by molar-refractivity contribution is 6.67. The summed E-state index contributed by atoms with van der Waals surface area (Å²) in [6.45, 7) is -0.250. The number of halogens is 36. The smallest absolute Gasteiger partial charge is 0.290 e. The molecular formula is C14H18Cl36O3. The molecule has 39 heteroatoms. The summed E-state index contributed by atoms with van der Waals surface area (Å²) in [7, 11) is 1.00. The van der Waals surface area contributed by atoms with Crippen LogP contribution in [-0.2, 0) is 4.79 Å². The molecule has 0 aromatic carbocycles. The maximum absolute atomic E-state index is 8.36. The van der Waals surface area contributed by atoms with Gasteiger partial charge in [0.1, 0.15) is 0 Å². The molecule has 0 rings (SSSR count). The highest BCUT2D eigenvalue weighted by Crippen LogP contribution is 2.08. The van der Waals surface area contributed by atoms with E-state index in [-0.39, 0.29) is 6.47 Å². The van der Waals surface area contributed by atoms with Gasteiger partial charge >= 0.3 is 0 Å². The lowest BCUT2D eigenvalue weighted by molar-refractivity contribution is -0.122. The molecule has 0 aromatic rings. The van der Waals surface area contributed by atoms with Crippen molar-refractivity contribution < 1.29 is 15.0 Å². The second-order valence-corrected chi connectivity index (χ2v) is 26.8. The fourth-order valence-electron chi connectivity index (χ4n) is 0. The zero-order chi connectivity index (χ0) is 47.6. The molecule has 53 heavy (non-hydrogen) atoms. The molecule has 3 nitrogen and oxygen atoms in total. The van der Waals surface area contributed by atoms with Gasteiger partial charge < -0.3 is 10.2 Å². The van der Waals surface area contributed by atoms with Crippen molar-refractivity contribution in [1.82, 2.24) is 0 Å². The monoisotopic (exact) mass is 1490 g/mol. The fourth-order valence-corrected chi connectivity index (χ4v) is 0. The number of carbonyl (C=O) groups is 1. The summed E-state index contributed by atoms with van der Waals surface area (Å²) in [6, 6.07) is 0. The fraction of sp³-hybridized carbons (Fsp3) is 0.929. The van der Waals surface area contributed by atoms with Crippen LogP contribution in [0.4, 0.5) is 0 Å². The van der Waals surface area contributed by atoms with E-state index in [1.54, 1.807) is 0 Å². The Balaban J connectivity index is -0.0000000258. The van der Waals surface area contributed by atoms with E-state index in [1.165, 1.54) is 0 Å². The van der Waals surface area contributed by atoms with Crippen molar-refractivity contribution in [3.63, 3.8) is 0 Å². The molecule has 0 heterocycles. The topological polar surface area (TPSA) is 57.5 Å². The minimum Gasteiger partial charge on any atom is -0.483 e. The Morgan fingerprint density at radius 2 is 0.226 bits per heavy atom. The number of alkyl halides is 36. The van der Waals surface area contributed by atoms with Gasteiger partial charge in [0.05, 0.1) is 0 Å². The minimum atomic E-state index is -0.750. The minimum absolute atomic E-state index is 0.250. The molecule has 0 unspecified atom stereocenters. The van der Waals surface area contributed by atoms with Gasteiger partial charge in [0.2, 0.25) is 0 Å². The van der Waals surface area contributed by atoms with E-state index in [1.807, 2.05) is 0 Å². The number of rotatable bonds is 0. The van der Waals surface area contributed by atoms with Crippen LogP contribution in [0.5, 0.6) is 0 Å². The van der Waals surface area contributed by atoms with Gasteiger partial charge in [0.15, 0.2) is 51.5 Å². The lowest BCUT2D eigenvalue weighted by Crippen LogP contribution is -1.55. The van der Waals surface area contributed by atoms with Gasteiger partial charge in [-0.05, 0) is 0 Å². The molecule has 2 N–H and O–H groups in total. The summed E-state index contributed by atoms with van der Waals surface area (Å²) < 4.78 is -9.00. The maximum Gasteiger partial charge on any atom is 0.290 e. The largest absolute Gasteiger partial charge is 0.483 e. The van der Waals surface area contributed by atoms with E-state index in [9.17, 15) is 0 Å². The normalized spacial score (nSPS) is 8.49. The first-order valence-corrected chi connectivity index (χ1v) is 24.5. The second-order valence-electron chi connectivity index (χ2n) is 3.07. The van der Waals surface area contributed by atoms with Crippen molar-refractivity contribution in [2.75, 3.05) is 7.11 Å². The number of aliphatic hydroxyl groups excluding tert-OH is 1. The molecule has 0 aliphatic heterocycles. The summed E-state index contributed by atoms with van der Waals surface area (Å²) in [5.41, 5.74) is 0. The third-order valence-electron chi connectivity index (χ3n) is 0. The third-order valence-corrected chi connectivity index (χ3v) is 0. The molecule has 0 aliphatic rings. The zero-order valence-electron chi connectivity index (χ0n) is 23.4. The molecule has 0 aromatic heterocycles. The average Bonchev–Trinajstić information content (AvgIpc) is 2.76. The van der Waals surface area contributed by atoms with E-state index in [4.69, 9.17) is 433 Å². The molecule has 0 saturated carbocycles. The van der Waals surface area contributed by atoms with Crippen molar-refractivity contribution in [3.05, 3.63) is 0 Å². The molecule has 344 valence electrons. The van der Waals surface area contributed by atoms with Crippen LogP contribution in [0.15, 0.2) is 0 Å². The van der Waals surface area contributed by atoms with E-state index in [0.29, 0.717) is 0 Å². The van der Waals surface area contributed by atoms with Crippen molar-refractivity contribution in [1.29, 1.82) is 0 Å². The molecule has 0 radical (unpaired) electrons. The molecular weight excluding hydrogens is 1490 g/mol. The summed E-state index contributed by atoms with van der Waals surface area (Å²) >= 11 is 173. The van der Waals surface area contributed by atoms with Gasteiger partial charge in [-0.15, -0.1) is 0 Å². The Morgan fingerprint density at radius 1 is 0.226 bits per heavy atom. The second kappa shape index (κ2) is 104. The quantitative estimate of drug-likeness (QED) is 0.188. The van der Waals surface area contributed by atoms with Gasteiger partial charge in [-0.2, -0.15) is 0 Å². The SMILES string of the molecule is CO.ClC(Cl)Cl.ClC(Cl)Cl.ClC(Cl)Cl.ClC(Cl)Cl.ClC(Cl)Cl.ClC(Cl)Cl.ClC(Cl)Cl.ClC(Cl)Cl.ClC(Cl)Cl.ClC(Cl)Cl.ClC(Cl)Cl.ClC(Cl)Cl.O=CO. The van der Waals surface area contributed by atoms with Crippen LogP contribution in [0.3, 0.4) is 0 Å². The van der Waals surface area contributed by atoms with Crippen LogP contribution >= 0.6 is 418 Å². The molecule has 0 saturated heterocycles. The molecule has 0 spiro atoms. The van der Waals surface area contributed by atoms with Crippen molar-refractivity contribution in [2.45, 2.75) is 51.5 Å². The van der Waals surface area contributed by atoms with Crippen LogP contribution in [0.25, 0.3) is 0 Å². The summed E-state index contributed by atoms with van der Waals surface area (Å²) in [6.07, 6.45) is 0. The lowest BCUT2D eigenvalue weighted by atomic mass is 11.7. The summed E-state index contributed by atoms with van der Waals surface area (Å²) in [5, 5.41) is 13.9. The maximum atomic E-state index is 8.36. The standard InChI is InChI=1S/12CHCl3.CH2O2.CH4O/c12*2-1(3)4;2-1-3;1-2/h12*1H;1H,(H,2,3);2H,1H3. The predicted octanol–water partition coefficient (Wildman–Crippen LogP) is 23.1. The van der Waals surface area contributed by atoms with Gasteiger partial charge in [0, 0.05) is 7.11 Å². The first-order valence-electron chi connectivity index (χ1n) is 8.80. The molecule has 0 fully saturated rings. The Morgan fingerprint density at radius 3 is 0.226 bits per heavy atom. The number of carboxylic acid groups (broad SMARTS) is 1.